The van der Waals surface area contributed by atoms with Crippen LogP contribution in [-0.2, 0) is 30.4 Å². The lowest BCUT2D eigenvalue weighted by atomic mass is 10.0. The molecule has 35 heavy (non-hydrogen) atoms. The first-order valence-electron chi connectivity index (χ1n) is 11.1. The molecule has 1 aromatic carbocycles. The number of carboxylic acids is 2. The summed E-state index contributed by atoms with van der Waals surface area (Å²) < 4.78 is 0. The molecule has 3 atom stereocenters. The monoisotopic (exact) mass is 489 g/mol. The second-order valence-corrected chi connectivity index (χ2v) is 8.51. The van der Waals surface area contributed by atoms with Crippen LogP contribution in [0.3, 0.4) is 0 Å². The number of aromatic nitrogens is 1. The third-order valence-corrected chi connectivity index (χ3v) is 5.40. The summed E-state index contributed by atoms with van der Waals surface area (Å²) in [7, 11) is 0. The second kappa shape index (κ2) is 12.5. The van der Waals surface area contributed by atoms with E-state index >= 15 is 0 Å². The van der Waals surface area contributed by atoms with Crippen LogP contribution >= 0.6 is 0 Å². The Morgan fingerprint density at radius 1 is 1.03 bits per heavy atom. The van der Waals surface area contributed by atoms with Crippen molar-refractivity contribution in [2.75, 3.05) is 6.54 Å². The first-order valence-corrected chi connectivity index (χ1v) is 11.1. The average molecular weight is 490 g/mol. The van der Waals surface area contributed by atoms with E-state index in [1.165, 1.54) is 0 Å². The minimum absolute atomic E-state index is 0.251. The largest absolute Gasteiger partial charge is 0.481 e. The van der Waals surface area contributed by atoms with E-state index < -0.39 is 66.7 Å². The summed E-state index contributed by atoms with van der Waals surface area (Å²) in [5.41, 5.74) is 7.78. The molecule has 3 amide bonds. The number of H-pyrrole nitrogens is 1. The molecule has 3 unspecified atom stereocenters. The molecule has 0 saturated carbocycles. The van der Waals surface area contributed by atoms with Gasteiger partial charge < -0.3 is 36.9 Å². The lowest BCUT2D eigenvalue weighted by Gasteiger charge is -2.24. The normalized spacial score (nSPS) is 13.6. The SMILES string of the molecule is CC(C)C(NC(=O)CNC(=O)C(N)Cc1c[nH]c2ccccc12)C(=O)NC(CCC(=O)O)C(=O)O. The second-order valence-electron chi connectivity index (χ2n) is 8.51. The van der Waals surface area contributed by atoms with Crippen LogP contribution in [-0.4, -0.2) is 69.5 Å². The fraction of sp³-hybridized carbons (Fsp3) is 0.435. The first-order chi connectivity index (χ1) is 16.5. The van der Waals surface area contributed by atoms with Crippen molar-refractivity contribution < 1.29 is 34.2 Å². The van der Waals surface area contributed by atoms with Gasteiger partial charge in [0.15, 0.2) is 0 Å². The van der Waals surface area contributed by atoms with Crippen LogP contribution < -0.4 is 21.7 Å². The van der Waals surface area contributed by atoms with Gasteiger partial charge in [-0.2, -0.15) is 0 Å². The lowest BCUT2D eigenvalue weighted by Crippen LogP contribution is -2.55. The van der Waals surface area contributed by atoms with Gasteiger partial charge >= 0.3 is 11.9 Å². The maximum atomic E-state index is 12.6. The van der Waals surface area contributed by atoms with E-state index in [0.717, 1.165) is 16.5 Å². The summed E-state index contributed by atoms with van der Waals surface area (Å²) in [6, 6.07) is 4.16. The van der Waals surface area contributed by atoms with Crippen molar-refractivity contribution in [2.24, 2.45) is 11.7 Å². The zero-order valence-electron chi connectivity index (χ0n) is 19.5. The summed E-state index contributed by atoms with van der Waals surface area (Å²) in [6.07, 6.45) is 1.28. The first kappa shape index (κ1) is 27.3. The van der Waals surface area contributed by atoms with Crippen molar-refractivity contribution in [3.63, 3.8) is 0 Å². The molecule has 2 rings (SSSR count). The zero-order valence-corrected chi connectivity index (χ0v) is 19.5. The Balaban J connectivity index is 1.89. The maximum Gasteiger partial charge on any atom is 0.326 e. The Morgan fingerprint density at radius 3 is 2.34 bits per heavy atom. The smallest absolute Gasteiger partial charge is 0.326 e. The molecule has 0 bridgehead atoms. The summed E-state index contributed by atoms with van der Waals surface area (Å²) in [4.78, 5) is 62.5. The third kappa shape index (κ3) is 8.10. The van der Waals surface area contributed by atoms with E-state index in [1.807, 2.05) is 24.3 Å². The number of aromatic amines is 1. The molecule has 0 spiro atoms. The quantitative estimate of drug-likeness (QED) is 0.199. The van der Waals surface area contributed by atoms with Gasteiger partial charge in [-0.1, -0.05) is 32.0 Å². The Morgan fingerprint density at radius 2 is 1.71 bits per heavy atom. The highest BCUT2D eigenvalue weighted by Gasteiger charge is 2.29. The van der Waals surface area contributed by atoms with Crippen molar-refractivity contribution in [1.29, 1.82) is 0 Å². The van der Waals surface area contributed by atoms with Crippen LogP contribution in [0.5, 0.6) is 0 Å². The molecule has 0 aliphatic heterocycles. The number of rotatable bonds is 13. The molecular weight excluding hydrogens is 458 g/mol. The maximum absolute atomic E-state index is 12.6. The topological polar surface area (TPSA) is 204 Å². The van der Waals surface area contributed by atoms with E-state index in [0.29, 0.717) is 0 Å². The van der Waals surface area contributed by atoms with Crippen LogP contribution in [0.4, 0.5) is 0 Å². The van der Waals surface area contributed by atoms with Crippen LogP contribution in [0.1, 0.15) is 32.3 Å². The lowest BCUT2D eigenvalue weighted by molar-refractivity contribution is -0.143. The molecule has 2 aromatic rings. The number of hydrogen-bond acceptors (Lipinski definition) is 6. The van der Waals surface area contributed by atoms with Gasteiger partial charge in [-0.3, -0.25) is 19.2 Å². The molecule has 0 aliphatic rings. The van der Waals surface area contributed by atoms with Gasteiger partial charge in [0.25, 0.3) is 0 Å². The molecule has 1 heterocycles. The molecule has 1 aromatic heterocycles. The van der Waals surface area contributed by atoms with Crippen LogP contribution in [0.25, 0.3) is 10.9 Å². The fourth-order valence-electron chi connectivity index (χ4n) is 3.47. The Labute approximate surface area is 201 Å². The van der Waals surface area contributed by atoms with Gasteiger partial charge in [0, 0.05) is 23.5 Å². The van der Waals surface area contributed by atoms with Gasteiger partial charge in [-0.25, -0.2) is 4.79 Å². The van der Waals surface area contributed by atoms with Crippen LogP contribution in [0.15, 0.2) is 30.5 Å². The van der Waals surface area contributed by atoms with Gasteiger partial charge in [0.1, 0.15) is 12.1 Å². The highest BCUT2D eigenvalue weighted by atomic mass is 16.4. The summed E-state index contributed by atoms with van der Waals surface area (Å²) in [5.74, 6) is -4.97. The van der Waals surface area contributed by atoms with Crippen molar-refractivity contribution in [1.82, 2.24) is 20.9 Å². The van der Waals surface area contributed by atoms with Gasteiger partial charge in [0.2, 0.25) is 17.7 Å². The Kier molecular flexibility index (Phi) is 9.76. The van der Waals surface area contributed by atoms with Gasteiger partial charge in [-0.05, 0) is 30.4 Å². The molecule has 0 aliphatic carbocycles. The van der Waals surface area contributed by atoms with Crippen molar-refractivity contribution >= 4 is 40.6 Å². The van der Waals surface area contributed by atoms with Gasteiger partial charge in [-0.15, -0.1) is 0 Å². The van der Waals surface area contributed by atoms with Crippen molar-refractivity contribution in [3.8, 4) is 0 Å². The fourth-order valence-corrected chi connectivity index (χ4v) is 3.47. The molecule has 0 radical (unpaired) electrons. The molecule has 0 saturated heterocycles. The molecule has 0 fully saturated rings. The predicted octanol–water partition coefficient (Wildman–Crippen LogP) is -0.271. The predicted molar refractivity (Wildman–Crippen MR) is 126 cm³/mol. The van der Waals surface area contributed by atoms with Crippen LogP contribution in [0.2, 0.25) is 0 Å². The number of benzene rings is 1. The highest BCUT2D eigenvalue weighted by molar-refractivity contribution is 5.93. The Bertz CT molecular complexity index is 1080. The zero-order chi connectivity index (χ0) is 26.1. The molecule has 12 nitrogen and oxygen atoms in total. The number of fused-ring (bicyclic) bond motifs is 1. The minimum atomic E-state index is -1.42. The minimum Gasteiger partial charge on any atom is -0.481 e. The number of nitrogens with one attached hydrogen (secondary N) is 4. The summed E-state index contributed by atoms with van der Waals surface area (Å²) in [5, 5.41) is 26.1. The standard InChI is InChI=1S/C23H31N5O7/c1-12(2)20(22(33)27-17(23(34)35)7-8-19(30)31)28-18(29)11-26-21(32)15(24)9-13-10-25-16-6-4-3-5-14(13)16/h3-6,10,12,15,17,20,25H,7-9,11,24H2,1-2H3,(H,26,32)(H,27,33)(H,28,29)(H,30,31)(H,34,35). The number of aliphatic carboxylic acids is 2. The number of carbonyl (C=O) groups is 5. The number of amides is 3. The van der Waals surface area contributed by atoms with Crippen molar-refractivity contribution in [3.05, 3.63) is 36.0 Å². The van der Waals surface area contributed by atoms with E-state index in [2.05, 4.69) is 20.9 Å². The van der Waals surface area contributed by atoms with E-state index in [9.17, 15) is 29.1 Å². The molecular formula is C23H31N5O7. The number of nitrogens with two attached hydrogens (primary N) is 1. The molecule has 8 N–H and O–H groups in total. The number of carbonyl (C=O) groups excluding carboxylic acids is 3. The van der Waals surface area contributed by atoms with Crippen LogP contribution in [0, 0.1) is 5.92 Å². The number of carboxylic acid groups (broad SMARTS) is 2. The Hall–Kier alpha value is -3.93. The molecule has 190 valence electrons. The average Bonchev–Trinajstić information content (AvgIpc) is 3.20. The summed E-state index contributed by atoms with van der Waals surface area (Å²) in [6.45, 7) is 2.86. The highest BCUT2D eigenvalue weighted by Crippen LogP contribution is 2.18. The van der Waals surface area contributed by atoms with Crippen molar-refractivity contribution in [2.45, 2.75) is 51.2 Å². The molecule has 12 heteroatoms. The van der Waals surface area contributed by atoms with E-state index in [4.69, 9.17) is 10.8 Å². The summed E-state index contributed by atoms with van der Waals surface area (Å²) >= 11 is 0. The number of para-hydroxylation sites is 1. The van der Waals surface area contributed by atoms with Gasteiger partial charge in [0.05, 0.1) is 12.6 Å². The number of hydrogen-bond donors (Lipinski definition) is 7. The van der Waals surface area contributed by atoms with E-state index in [1.54, 1.807) is 20.0 Å². The third-order valence-electron chi connectivity index (χ3n) is 5.40. The van der Waals surface area contributed by atoms with E-state index in [-0.39, 0.29) is 12.8 Å².